The molecular weight excluding hydrogens is 403 g/mol. The number of nitrogens with one attached hydrogen (secondary N) is 1. The Kier molecular flexibility index (Phi) is 7.50. The zero-order chi connectivity index (χ0) is 21.8. The second-order valence-electron chi connectivity index (χ2n) is 6.83. The highest BCUT2D eigenvalue weighted by molar-refractivity contribution is 7.89. The number of nitrogens with zero attached hydrogens (tertiary/aromatic N) is 1. The van der Waals surface area contributed by atoms with E-state index >= 15 is 0 Å². The molecule has 8 nitrogen and oxygen atoms in total. The molecule has 160 valence electrons. The van der Waals surface area contributed by atoms with Gasteiger partial charge in [0.15, 0.2) is 6.10 Å². The molecule has 3 unspecified atom stereocenters. The van der Waals surface area contributed by atoms with E-state index in [4.69, 9.17) is 9.47 Å². The first-order chi connectivity index (χ1) is 13.5. The van der Waals surface area contributed by atoms with Gasteiger partial charge in [0.05, 0.1) is 17.8 Å². The zero-order valence-corrected chi connectivity index (χ0v) is 17.4. The number of carbonyl (C=O) groups excluding carboxylic acids is 2. The van der Waals surface area contributed by atoms with Crippen LogP contribution in [0.5, 0.6) is 0 Å². The van der Waals surface area contributed by atoms with E-state index in [0.717, 1.165) is 18.2 Å². The second-order valence-corrected chi connectivity index (χ2v) is 8.57. The van der Waals surface area contributed by atoms with Crippen LogP contribution in [0.25, 0.3) is 0 Å². The Balaban J connectivity index is 2.13. The molecule has 1 aromatic carbocycles. The van der Waals surface area contributed by atoms with Gasteiger partial charge in [0.25, 0.3) is 5.91 Å². The van der Waals surface area contributed by atoms with Crippen LogP contribution in [0.1, 0.15) is 31.1 Å². The van der Waals surface area contributed by atoms with Gasteiger partial charge in [-0.15, -0.1) is 6.58 Å². The first kappa shape index (κ1) is 23.0. The van der Waals surface area contributed by atoms with Crippen molar-refractivity contribution in [1.29, 1.82) is 0 Å². The molecule has 0 aromatic heterocycles. The summed E-state index contributed by atoms with van der Waals surface area (Å²) in [4.78, 5) is 25.8. The largest absolute Gasteiger partial charge is 0.449 e. The fourth-order valence-corrected chi connectivity index (χ4v) is 4.08. The molecular formula is C19H25FN2O6S. The predicted molar refractivity (Wildman–Crippen MR) is 103 cm³/mol. The van der Waals surface area contributed by atoms with Gasteiger partial charge >= 0.3 is 5.97 Å². The highest BCUT2D eigenvalue weighted by Gasteiger charge is 2.31. The molecule has 1 aliphatic heterocycles. The van der Waals surface area contributed by atoms with Gasteiger partial charge < -0.3 is 14.4 Å². The Labute approximate surface area is 169 Å². The average Bonchev–Trinajstić information content (AvgIpc) is 2.65. The number of ether oxygens (including phenoxy) is 2. The molecule has 1 aromatic rings. The SMILES string of the molecule is C=CCNS(=O)(=O)c1cc(C(=O)OC(C)C(=O)N2CC(C)OC(C)C2)ccc1F. The first-order valence-corrected chi connectivity index (χ1v) is 10.6. The van der Waals surface area contributed by atoms with Crippen molar-refractivity contribution in [3.05, 3.63) is 42.2 Å². The van der Waals surface area contributed by atoms with Crippen LogP contribution in [0.15, 0.2) is 35.7 Å². The molecule has 0 bridgehead atoms. The van der Waals surface area contributed by atoms with Crippen LogP contribution in [0.2, 0.25) is 0 Å². The standard InChI is InChI=1S/C19H25FN2O6S/c1-5-8-21-29(25,26)17-9-15(6-7-16(17)20)19(24)28-14(4)18(23)22-10-12(2)27-13(3)11-22/h5-7,9,12-14,21H,1,8,10-11H2,2-4H3. The third-order valence-corrected chi connectivity index (χ3v) is 5.68. The highest BCUT2D eigenvalue weighted by atomic mass is 32.2. The number of rotatable bonds is 7. The minimum absolute atomic E-state index is 0.0988. The van der Waals surface area contributed by atoms with Crippen molar-refractivity contribution in [2.75, 3.05) is 19.6 Å². The Morgan fingerprint density at radius 2 is 2.00 bits per heavy atom. The van der Waals surface area contributed by atoms with Crippen molar-refractivity contribution < 1.29 is 31.9 Å². The number of carbonyl (C=O) groups is 2. The molecule has 3 atom stereocenters. The molecule has 0 radical (unpaired) electrons. The van der Waals surface area contributed by atoms with Crippen LogP contribution >= 0.6 is 0 Å². The van der Waals surface area contributed by atoms with Gasteiger partial charge in [-0.2, -0.15) is 0 Å². The summed E-state index contributed by atoms with van der Waals surface area (Å²) in [6.45, 7) is 9.14. The minimum atomic E-state index is -4.18. The molecule has 1 aliphatic rings. The summed E-state index contributed by atoms with van der Waals surface area (Å²) >= 11 is 0. The van der Waals surface area contributed by atoms with E-state index in [9.17, 15) is 22.4 Å². The van der Waals surface area contributed by atoms with Crippen molar-refractivity contribution in [2.45, 2.75) is 44.0 Å². The van der Waals surface area contributed by atoms with Gasteiger partial charge in [0, 0.05) is 19.6 Å². The Morgan fingerprint density at radius 3 is 2.59 bits per heavy atom. The number of morpholine rings is 1. The fraction of sp³-hybridized carbons (Fsp3) is 0.474. The quantitative estimate of drug-likeness (QED) is 0.521. The summed E-state index contributed by atoms with van der Waals surface area (Å²) in [6.07, 6.45) is -0.0742. The van der Waals surface area contributed by atoms with Crippen molar-refractivity contribution >= 4 is 21.9 Å². The third-order valence-electron chi connectivity index (χ3n) is 4.24. The summed E-state index contributed by atoms with van der Waals surface area (Å²) < 4.78 is 51.2. The van der Waals surface area contributed by atoms with Crippen molar-refractivity contribution in [2.24, 2.45) is 0 Å². The van der Waals surface area contributed by atoms with E-state index in [1.807, 2.05) is 13.8 Å². The number of sulfonamides is 1. The number of halogens is 1. The lowest BCUT2D eigenvalue weighted by molar-refractivity contribution is -0.151. The normalized spacial score (nSPS) is 20.8. The molecule has 1 amide bonds. The molecule has 1 saturated heterocycles. The lowest BCUT2D eigenvalue weighted by Gasteiger charge is -2.36. The topological polar surface area (TPSA) is 102 Å². The van der Waals surface area contributed by atoms with E-state index < -0.39 is 32.8 Å². The Bertz CT molecular complexity index is 879. The van der Waals surface area contributed by atoms with Crippen molar-refractivity contribution in [1.82, 2.24) is 9.62 Å². The third kappa shape index (κ3) is 5.84. The minimum Gasteiger partial charge on any atom is -0.449 e. The number of benzene rings is 1. The van der Waals surface area contributed by atoms with Crippen molar-refractivity contribution in [3.8, 4) is 0 Å². The molecule has 0 spiro atoms. The summed E-state index contributed by atoms with van der Waals surface area (Å²) in [7, 11) is -4.18. The predicted octanol–water partition coefficient (Wildman–Crippen LogP) is 1.47. The first-order valence-electron chi connectivity index (χ1n) is 9.10. The van der Waals surface area contributed by atoms with Crippen molar-refractivity contribution in [3.63, 3.8) is 0 Å². The van der Waals surface area contributed by atoms with Gasteiger partial charge in [-0.1, -0.05) is 6.08 Å². The molecule has 0 aliphatic carbocycles. The van der Waals surface area contributed by atoms with Crippen LogP contribution in [-0.2, 0) is 24.3 Å². The molecule has 0 saturated carbocycles. The molecule has 29 heavy (non-hydrogen) atoms. The zero-order valence-electron chi connectivity index (χ0n) is 16.6. The van der Waals surface area contributed by atoms with Gasteiger partial charge in [0.2, 0.25) is 10.0 Å². The molecule has 1 N–H and O–H groups in total. The highest BCUT2D eigenvalue weighted by Crippen LogP contribution is 2.18. The van der Waals surface area contributed by atoms with Crippen LogP contribution in [0.3, 0.4) is 0 Å². The molecule has 1 fully saturated rings. The van der Waals surface area contributed by atoms with Gasteiger partial charge in [-0.25, -0.2) is 22.3 Å². The second kappa shape index (κ2) is 9.47. The van der Waals surface area contributed by atoms with E-state index in [0.29, 0.717) is 13.1 Å². The molecule has 1 heterocycles. The number of esters is 1. The van der Waals surface area contributed by atoms with Gasteiger partial charge in [-0.3, -0.25) is 4.79 Å². The monoisotopic (exact) mass is 428 g/mol. The summed E-state index contributed by atoms with van der Waals surface area (Å²) in [5.74, 6) is -2.33. The summed E-state index contributed by atoms with van der Waals surface area (Å²) in [6, 6.07) is 2.83. The Morgan fingerprint density at radius 1 is 1.38 bits per heavy atom. The van der Waals surface area contributed by atoms with E-state index in [1.54, 1.807) is 4.90 Å². The maximum Gasteiger partial charge on any atom is 0.338 e. The summed E-state index contributed by atoms with van der Waals surface area (Å²) in [5, 5.41) is 0. The maximum atomic E-state index is 14.0. The lowest BCUT2D eigenvalue weighted by Crippen LogP contribution is -2.51. The molecule has 10 heteroatoms. The van der Waals surface area contributed by atoms with Crippen LogP contribution < -0.4 is 4.72 Å². The van der Waals surface area contributed by atoms with Gasteiger partial charge in [0.1, 0.15) is 10.7 Å². The summed E-state index contributed by atoms with van der Waals surface area (Å²) in [5.41, 5.74) is -0.186. The average molecular weight is 428 g/mol. The van der Waals surface area contributed by atoms with E-state index in [1.165, 1.54) is 13.0 Å². The Hall–Kier alpha value is -2.30. The number of amides is 1. The number of hydrogen-bond acceptors (Lipinski definition) is 6. The lowest BCUT2D eigenvalue weighted by atomic mass is 10.2. The van der Waals surface area contributed by atoms with E-state index in [2.05, 4.69) is 11.3 Å². The molecule has 2 rings (SSSR count). The van der Waals surface area contributed by atoms with Crippen LogP contribution in [-0.4, -0.2) is 63.1 Å². The fourth-order valence-electron chi connectivity index (χ4n) is 2.98. The van der Waals surface area contributed by atoms with E-state index in [-0.39, 0.29) is 30.2 Å². The van der Waals surface area contributed by atoms with Crippen LogP contribution in [0, 0.1) is 5.82 Å². The number of hydrogen-bond donors (Lipinski definition) is 1. The maximum absolute atomic E-state index is 14.0. The van der Waals surface area contributed by atoms with Crippen LogP contribution in [0.4, 0.5) is 4.39 Å². The smallest absolute Gasteiger partial charge is 0.338 e. The van der Waals surface area contributed by atoms with Gasteiger partial charge in [-0.05, 0) is 39.0 Å².